The number of alkyl halides is 1. The van der Waals surface area contributed by atoms with Gasteiger partial charge < -0.3 is 9.64 Å². The highest BCUT2D eigenvalue weighted by atomic mass is 79.9. The van der Waals surface area contributed by atoms with Crippen molar-refractivity contribution in [2.24, 2.45) is 0 Å². The van der Waals surface area contributed by atoms with E-state index in [1.54, 1.807) is 0 Å². The van der Waals surface area contributed by atoms with Crippen LogP contribution >= 0.6 is 27.5 Å². The van der Waals surface area contributed by atoms with Crippen molar-refractivity contribution in [2.45, 2.75) is 25.3 Å². The minimum absolute atomic E-state index is 0.484. The minimum atomic E-state index is 0.484. The number of ether oxygens (including phenoxy) is 1. The van der Waals surface area contributed by atoms with Gasteiger partial charge in [0.05, 0.1) is 19.3 Å². The van der Waals surface area contributed by atoms with Gasteiger partial charge in [0.2, 0.25) is 0 Å². The van der Waals surface area contributed by atoms with Gasteiger partial charge in [-0.15, -0.1) is 11.6 Å². The summed E-state index contributed by atoms with van der Waals surface area (Å²) >= 11 is 9.44. The number of halogens is 2. The fourth-order valence-corrected chi connectivity index (χ4v) is 3.06. The fourth-order valence-electron chi connectivity index (χ4n) is 2.16. The molecule has 0 radical (unpaired) electrons. The Morgan fingerprint density at radius 1 is 1.53 bits per heavy atom. The van der Waals surface area contributed by atoms with Gasteiger partial charge in [-0.2, -0.15) is 0 Å². The smallest absolute Gasteiger partial charge is 0.0670 e. The van der Waals surface area contributed by atoms with E-state index in [0.29, 0.717) is 11.9 Å². The van der Waals surface area contributed by atoms with Crippen LogP contribution in [0.25, 0.3) is 0 Å². The zero-order valence-electron chi connectivity index (χ0n) is 9.96. The third kappa shape index (κ3) is 2.95. The van der Waals surface area contributed by atoms with Crippen LogP contribution in [0, 0.1) is 0 Å². The second-order valence-electron chi connectivity index (χ2n) is 4.24. The molecule has 0 bridgehead atoms. The number of rotatable bonds is 3. The highest BCUT2D eigenvalue weighted by Crippen LogP contribution is 2.28. The molecule has 1 aromatic rings. The number of hydrogen-bond acceptors (Lipinski definition) is 2. The Balaban J connectivity index is 2.23. The highest BCUT2D eigenvalue weighted by molar-refractivity contribution is 9.10. The molecule has 1 aromatic carbocycles. The van der Waals surface area contributed by atoms with E-state index < -0.39 is 0 Å². The first kappa shape index (κ1) is 13.2. The molecule has 17 heavy (non-hydrogen) atoms. The number of morpholine rings is 1. The average molecular weight is 319 g/mol. The SMILES string of the molecule is CCC1COCCN1c1ccc(CCl)c(Br)c1. The zero-order valence-corrected chi connectivity index (χ0v) is 12.3. The van der Waals surface area contributed by atoms with E-state index >= 15 is 0 Å². The maximum Gasteiger partial charge on any atom is 0.0670 e. The lowest BCUT2D eigenvalue weighted by molar-refractivity contribution is 0.0930. The van der Waals surface area contributed by atoms with Crippen molar-refractivity contribution < 1.29 is 4.74 Å². The first-order chi connectivity index (χ1) is 8.26. The van der Waals surface area contributed by atoms with E-state index in [1.807, 2.05) is 0 Å². The Kier molecular flexibility index (Phi) is 4.71. The number of anilines is 1. The monoisotopic (exact) mass is 317 g/mol. The normalized spacial score (nSPS) is 20.6. The summed E-state index contributed by atoms with van der Waals surface area (Å²) in [5, 5.41) is 0. The predicted octanol–water partition coefficient (Wildman–Crippen LogP) is 3.80. The first-order valence-electron chi connectivity index (χ1n) is 5.95. The first-order valence-corrected chi connectivity index (χ1v) is 7.27. The van der Waals surface area contributed by atoms with Gasteiger partial charge in [-0.05, 0) is 24.1 Å². The van der Waals surface area contributed by atoms with Crippen molar-refractivity contribution in [3.05, 3.63) is 28.2 Å². The van der Waals surface area contributed by atoms with Crippen LogP contribution in [0.15, 0.2) is 22.7 Å². The van der Waals surface area contributed by atoms with Crippen LogP contribution < -0.4 is 4.90 Å². The van der Waals surface area contributed by atoms with Crippen LogP contribution in [-0.2, 0) is 10.6 Å². The Bertz CT molecular complexity index is 386. The summed E-state index contributed by atoms with van der Waals surface area (Å²) in [5.74, 6) is 0.543. The number of benzene rings is 1. The lowest BCUT2D eigenvalue weighted by Crippen LogP contribution is -2.45. The lowest BCUT2D eigenvalue weighted by Gasteiger charge is -2.37. The Hall–Kier alpha value is -0.250. The van der Waals surface area contributed by atoms with E-state index in [0.717, 1.165) is 36.2 Å². The molecule has 94 valence electrons. The zero-order chi connectivity index (χ0) is 12.3. The third-order valence-corrected chi connectivity index (χ3v) is 4.24. The summed E-state index contributed by atoms with van der Waals surface area (Å²) in [7, 11) is 0. The molecule has 4 heteroatoms. The average Bonchev–Trinajstić information content (AvgIpc) is 2.38. The fraction of sp³-hybridized carbons (Fsp3) is 0.538. The predicted molar refractivity (Wildman–Crippen MR) is 75.9 cm³/mol. The van der Waals surface area contributed by atoms with E-state index in [4.69, 9.17) is 16.3 Å². The number of nitrogens with zero attached hydrogens (tertiary/aromatic N) is 1. The van der Waals surface area contributed by atoms with Crippen molar-refractivity contribution in [2.75, 3.05) is 24.7 Å². The Morgan fingerprint density at radius 2 is 2.35 bits per heavy atom. The molecule has 1 saturated heterocycles. The van der Waals surface area contributed by atoms with Crippen molar-refractivity contribution in [3.63, 3.8) is 0 Å². The lowest BCUT2D eigenvalue weighted by atomic mass is 10.1. The van der Waals surface area contributed by atoms with E-state index in [-0.39, 0.29) is 0 Å². The second-order valence-corrected chi connectivity index (χ2v) is 5.36. The Morgan fingerprint density at radius 3 is 3.00 bits per heavy atom. The quantitative estimate of drug-likeness (QED) is 0.786. The third-order valence-electron chi connectivity index (χ3n) is 3.21. The Labute approximate surface area is 116 Å². The molecule has 1 atom stereocenters. The number of hydrogen-bond donors (Lipinski definition) is 0. The minimum Gasteiger partial charge on any atom is -0.377 e. The molecule has 0 N–H and O–H groups in total. The summed E-state index contributed by atoms with van der Waals surface area (Å²) in [5.41, 5.74) is 2.39. The maximum absolute atomic E-state index is 5.86. The highest BCUT2D eigenvalue weighted by Gasteiger charge is 2.21. The molecule has 0 saturated carbocycles. The topological polar surface area (TPSA) is 12.5 Å². The van der Waals surface area contributed by atoms with Crippen molar-refractivity contribution in [3.8, 4) is 0 Å². The van der Waals surface area contributed by atoms with Gasteiger partial charge in [0.25, 0.3) is 0 Å². The molecule has 1 fully saturated rings. The van der Waals surface area contributed by atoms with Crippen molar-refractivity contribution in [1.29, 1.82) is 0 Å². The molecule has 0 aromatic heterocycles. The van der Waals surface area contributed by atoms with Crippen LogP contribution in [0.1, 0.15) is 18.9 Å². The molecular formula is C13H17BrClNO. The molecule has 2 rings (SSSR count). The maximum atomic E-state index is 5.86. The van der Waals surface area contributed by atoms with E-state index in [1.165, 1.54) is 5.69 Å². The van der Waals surface area contributed by atoms with E-state index in [9.17, 15) is 0 Å². The summed E-state index contributed by atoms with van der Waals surface area (Å²) in [6, 6.07) is 6.88. The van der Waals surface area contributed by atoms with Gasteiger partial charge >= 0.3 is 0 Å². The second kappa shape index (κ2) is 6.07. The molecular weight excluding hydrogens is 302 g/mol. The van der Waals surface area contributed by atoms with Gasteiger partial charge in [-0.3, -0.25) is 0 Å². The summed E-state index contributed by atoms with van der Waals surface area (Å²) in [4.78, 5) is 2.42. The molecule has 0 aliphatic carbocycles. The van der Waals surface area contributed by atoms with Gasteiger partial charge in [-0.1, -0.05) is 28.9 Å². The van der Waals surface area contributed by atoms with Gasteiger partial charge in [0.1, 0.15) is 0 Å². The molecule has 1 unspecified atom stereocenters. The largest absolute Gasteiger partial charge is 0.377 e. The van der Waals surface area contributed by atoms with Crippen LogP contribution in [0.3, 0.4) is 0 Å². The summed E-state index contributed by atoms with van der Waals surface area (Å²) < 4.78 is 6.61. The molecule has 0 spiro atoms. The summed E-state index contributed by atoms with van der Waals surface area (Å²) in [6.45, 7) is 4.80. The van der Waals surface area contributed by atoms with E-state index in [2.05, 4.69) is 46.0 Å². The van der Waals surface area contributed by atoms with Crippen LogP contribution in [0.4, 0.5) is 5.69 Å². The van der Waals surface area contributed by atoms with Crippen LogP contribution in [0.2, 0.25) is 0 Å². The molecule has 2 nitrogen and oxygen atoms in total. The van der Waals surface area contributed by atoms with Crippen LogP contribution in [-0.4, -0.2) is 25.8 Å². The standard InChI is InChI=1S/C13H17BrClNO/c1-2-11-9-17-6-5-16(11)12-4-3-10(8-15)13(14)7-12/h3-4,7,11H,2,5-6,8-9H2,1H3. The van der Waals surface area contributed by atoms with Crippen LogP contribution in [0.5, 0.6) is 0 Å². The molecule has 1 aliphatic rings. The van der Waals surface area contributed by atoms with Gasteiger partial charge in [0.15, 0.2) is 0 Å². The van der Waals surface area contributed by atoms with Gasteiger partial charge in [-0.25, -0.2) is 0 Å². The molecule has 1 aliphatic heterocycles. The van der Waals surface area contributed by atoms with Crippen molar-refractivity contribution >= 4 is 33.2 Å². The summed E-state index contributed by atoms with van der Waals surface area (Å²) in [6.07, 6.45) is 1.11. The molecule has 0 amide bonds. The van der Waals surface area contributed by atoms with Crippen molar-refractivity contribution in [1.82, 2.24) is 0 Å². The van der Waals surface area contributed by atoms with Gasteiger partial charge in [0, 0.05) is 22.6 Å². The molecule has 1 heterocycles.